The smallest absolute Gasteiger partial charge is 0.0377 e. The Labute approximate surface area is 64.7 Å². The number of rotatable bonds is 0. The monoisotopic (exact) mass is 143 g/mol. The highest BCUT2D eigenvalue weighted by Gasteiger charge is 3.26. The van der Waals surface area contributed by atoms with E-state index in [1.165, 1.54) is 29.6 Å². The lowest BCUT2D eigenvalue weighted by molar-refractivity contribution is -0.357. The van der Waals surface area contributed by atoms with Crippen LogP contribution in [0.3, 0.4) is 0 Å². The van der Waals surface area contributed by atoms with Crippen molar-refractivity contribution in [3.63, 3.8) is 0 Å². The van der Waals surface area contributed by atoms with Gasteiger partial charge in [0.1, 0.15) is 0 Å². The summed E-state index contributed by atoms with van der Waals surface area (Å²) in [7, 11) is 0. The molecule has 1 nitrogen and oxygen atoms in total. The lowest BCUT2D eigenvalue weighted by Gasteiger charge is -2.84. The zero-order chi connectivity index (χ0) is 6.54. The van der Waals surface area contributed by atoms with Crippen LogP contribution in [-0.2, 0) is 0 Å². The molecule has 0 bridgehead atoms. The van der Waals surface area contributed by atoms with E-state index in [0.717, 1.165) is 22.5 Å². The van der Waals surface area contributed by atoms with Gasteiger partial charge < -0.3 is 0 Å². The normalized spacial score (nSPS) is 116. The molecule has 0 aromatic rings. The summed E-state index contributed by atoms with van der Waals surface area (Å²) in [6.07, 6.45) is 0. The summed E-state index contributed by atoms with van der Waals surface area (Å²) in [5, 5.41) is 0. The van der Waals surface area contributed by atoms with Crippen LogP contribution in [0.15, 0.2) is 0 Å². The van der Waals surface area contributed by atoms with Gasteiger partial charge in [-0.1, -0.05) is 6.92 Å². The molecule has 7 rings (SSSR count). The molecular formula is C10H9N. The summed E-state index contributed by atoms with van der Waals surface area (Å²) in [6.45, 7) is 2.60. The van der Waals surface area contributed by atoms with E-state index in [2.05, 4.69) is 11.8 Å². The Bertz CT molecular complexity index is 373. The number of fused-ring (bicyclic) bond motifs is 6. The van der Waals surface area contributed by atoms with E-state index in [1.807, 2.05) is 0 Å². The Balaban J connectivity index is 1.86. The Morgan fingerprint density at radius 2 is 2.00 bits per heavy atom. The zero-order valence-corrected chi connectivity index (χ0v) is 6.41. The van der Waals surface area contributed by atoms with Crippen LogP contribution < -0.4 is 0 Å². The maximum Gasteiger partial charge on any atom is 0.0377 e. The van der Waals surface area contributed by atoms with Gasteiger partial charge in [0.2, 0.25) is 0 Å². The summed E-state index contributed by atoms with van der Waals surface area (Å²) in [4.78, 5) is 2.96. The number of hydrogen-bond donors (Lipinski definition) is 0. The molecule has 0 N–H and O–H groups in total. The highest BCUT2D eigenvalue weighted by Crippen LogP contribution is 3.18. The SMILES string of the molecule is CC12C3C4[C@H]5C6C1C21C3C45N61. The molecule has 0 aromatic carbocycles. The fourth-order valence-corrected chi connectivity index (χ4v) is 7.93. The van der Waals surface area contributed by atoms with Crippen molar-refractivity contribution in [2.45, 2.75) is 24.0 Å². The molecule has 7 aliphatic rings. The van der Waals surface area contributed by atoms with Crippen LogP contribution in [0.2, 0.25) is 0 Å². The Morgan fingerprint density at radius 3 is 2.82 bits per heavy atom. The second-order valence-corrected chi connectivity index (χ2v) is 6.39. The van der Waals surface area contributed by atoms with Crippen LogP contribution >= 0.6 is 0 Å². The molecule has 0 amide bonds. The molecule has 3 saturated heterocycles. The average molecular weight is 143 g/mol. The molecule has 1 heteroatoms. The topological polar surface area (TPSA) is 3.24 Å². The molecule has 9 atom stereocenters. The minimum Gasteiger partial charge on any atom is -0.286 e. The van der Waals surface area contributed by atoms with Crippen molar-refractivity contribution >= 4 is 0 Å². The lowest BCUT2D eigenvalue weighted by atomic mass is 9.39. The Kier molecular flexibility index (Phi) is 0.181. The van der Waals surface area contributed by atoms with Gasteiger partial charge in [0.15, 0.2) is 0 Å². The average Bonchev–Trinajstić information content (AvgIpc) is 2.66. The molecule has 4 saturated carbocycles. The summed E-state index contributed by atoms with van der Waals surface area (Å²) in [5.41, 5.74) is 2.76. The molecule has 54 valence electrons. The van der Waals surface area contributed by atoms with Gasteiger partial charge in [0, 0.05) is 29.0 Å². The van der Waals surface area contributed by atoms with Gasteiger partial charge in [-0.15, -0.1) is 0 Å². The largest absolute Gasteiger partial charge is 0.286 e. The van der Waals surface area contributed by atoms with Crippen molar-refractivity contribution in [3.05, 3.63) is 0 Å². The second-order valence-electron chi connectivity index (χ2n) is 6.39. The Hall–Kier alpha value is -0.0400. The van der Waals surface area contributed by atoms with Crippen LogP contribution in [0.5, 0.6) is 0 Å². The standard InChI is InChI=1S/C10H9N/c1-8-4-2-3-5-7(8)10(8)6(4)9(2,3)11(5)10/h2-7H,1H3/t2?,3-,4?,5?,6?,7?,8?,9?,10?/m0/s1. The van der Waals surface area contributed by atoms with Crippen molar-refractivity contribution in [2.75, 3.05) is 0 Å². The lowest BCUT2D eigenvalue weighted by Crippen LogP contribution is -2.95. The fraction of sp³-hybridized carbons (Fsp3) is 1.00. The van der Waals surface area contributed by atoms with Gasteiger partial charge in [0.25, 0.3) is 0 Å². The van der Waals surface area contributed by atoms with Crippen molar-refractivity contribution in [2.24, 2.45) is 35.0 Å². The summed E-state index contributed by atoms with van der Waals surface area (Å²) >= 11 is 0. The van der Waals surface area contributed by atoms with Crippen LogP contribution in [0.4, 0.5) is 0 Å². The molecule has 11 heavy (non-hydrogen) atoms. The van der Waals surface area contributed by atoms with E-state index < -0.39 is 0 Å². The minimum atomic E-state index is 0.905. The highest BCUT2D eigenvalue weighted by molar-refractivity contribution is 5.77. The molecule has 0 radical (unpaired) electrons. The fourth-order valence-electron chi connectivity index (χ4n) is 7.93. The molecule has 8 unspecified atom stereocenters. The van der Waals surface area contributed by atoms with Crippen LogP contribution in [0.25, 0.3) is 0 Å². The van der Waals surface area contributed by atoms with Crippen LogP contribution in [0, 0.1) is 35.0 Å². The van der Waals surface area contributed by atoms with Crippen molar-refractivity contribution < 1.29 is 0 Å². The zero-order valence-electron chi connectivity index (χ0n) is 6.41. The molecule has 7 fully saturated rings. The summed E-state index contributed by atoms with van der Waals surface area (Å²) in [5.74, 6) is 6.27. The van der Waals surface area contributed by atoms with Crippen LogP contribution in [0.1, 0.15) is 6.92 Å². The quantitative estimate of drug-likeness (QED) is 0.472. The summed E-state index contributed by atoms with van der Waals surface area (Å²) < 4.78 is 0. The number of nitrogens with zero attached hydrogens (tertiary/aromatic N) is 1. The van der Waals surface area contributed by atoms with Crippen LogP contribution in [-0.4, -0.2) is 22.0 Å². The van der Waals surface area contributed by atoms with E-state index in [9.17, 15) is 0 Å². The van der Waals surface area contributed by atoms with Crippen molar-refractivity contribution in [3.8, 4) is 0 Å². The van der Waals surface area contributed by atoms with Gasteiger partial charge in [-0.25, -0.2) is 0 Å². The maximum absolute atomic E-state index is 2.96. The van der Waals surface area contributed by atoms with Crippen molar-refractivity contribution in [1.82, 2.24) is 4.90 Å². The van der Waals surface area contributed by atoms with E-state index in [-0.39, 0.29) is 0 Å². The highest BCUT2D eigenvalue weighted by atomic mass is 15.7. The third-order valence-corrected chi connectivity index (χ3v) is 7.48. The molecule has 4 aliphatic carbocycles. The first-order valence-electron chi connectivity index (χ1n) is 5.14. The molecular weight excluding hydrogens is 134 g/mol. The van der Waals surface area contributed by atoms with Gasteiger partial charge >= 0.3 is 0 Å². The van der Waals surface area contributed by atoms with Gasteiger partial charge in [-0.2, -0.15) is 0 Å². The molecule has 3 heterocycles. The third-order valence-electron chi connectivity index (χ3n) is 7.48. The summed E-state index contributed by atoms with van der Waals surface area (Å²) in [6, 6.07) is 1.15. The van der Waals surface area contributed by atoms with E-state index in [0.29, 0.717) is 0 Å². The first kappa shape index (κ1) is 3.78. The molecule has 2 spiro atoms. The molecule has 3 aliphatic heterocycles. The predicted octanol–water partition coefficient (Wildman–Crippen LogP) is 0.317. The molecule has 0 aromatic heterocycles. The number of hydrogen-bond acceptors (Lipinski definition) is 1. The second kappa shape index (κ2) is 0.527. The van der Waals surface area contributed by atoms with Gasteiger partial charge in [-0.3, -0.25) is 4.90 Å². The number of piperidine rings is 6. The van der Waals surface area contributed by atoms with Crippen molar-refractivity contribution in [1.29, 1.82) is 0 Å². The Morgan fingerprint density at radius 1 is 1.09 bits per heavy atom. The van der Waals surface area contributed by atoms with E-state index >= 15 is 0 Å². The van der Waals surface area contributed by atoms with Gasteiger partial charge in [0.05, 0.1) is 0 Å². The first-order valence-corrected chi connectivity index (χ1v) is 5.14. The van der Waals surface area contributed by atoms with E-state index in [4.69, 9.17) is 0 Å². The maximum atomic E-state index is 2.96. The first-order chi connectivity index (χ1) is 5.35. The van der Waals surface area contributed by atoms with Gasteiger partial charge in [-0.05, 0) is 23.2 Å². The third kappa shape index (κ3) is 0.0917. The predicted molar refractivity (Wildman–Crippen MR) is 36.6 cm³/mol. The van der Waals surface area contributed by atoms with E-state index in [1.54, 1.807) is 0 Å². The minimum absolute atomic E-state index is 0.905.